The van der Waals surface area contributed by atoms with Gasteiger partial charge in [-0.1, -0.05) is 48.3 Å². The lowest BCUT2D eigenvalue weighted by molar-refractivity contribution is 0.175. The molecule has 0 radical (unpaired) electrons. The molecule has 0 heterocycles. The predicted octanol–water partition coefficient (Wildman–Crippen LogP) is 4.08. The van der Waals surface area contributed by atoms with Crippen molar-refractivity contribution >= 4 is 27.5 Å². The number of rotatable bonds is 4. The highest BCUT2D eigenvalue weighted by Gasteiger charge is 2.22. The maximum Gasteiger partial charge on any atom is 0.0479 e. The van der Waals surface area contributed by atoms with E-state index in [1.54, 1.807) is 0 Å². The van der Waals surface area contributed by atoms with Crippen molar-refractivity contribution < 1.29 is 0 Å². The standard InChI is InChI=1S/C14H22BrClN2/c1-14(2,3)9-18(4)13(8-17)11-7-10(16)5-6-12(11)15/h5-7,13H,8-9,17H2,1-4H3. The summed E-state index contributed by atoms with van der Waals surface area (Å²) in [6, 6.07) is 6.03. The minimum absolute atomic E-state index is 0.178. The highest BCUT2D eigenvalue weighted by atomic mass is 79.9. The van der Waals surface area contributed by atoms with E-state index < -0.39 is 0 Å². The lowest BCUT2D eigenvalue weighted by Crippen LogP contribution is -2.36. The molecule has 18 heavy (non-hydrogen) atoms. The molecule has 2 nitrogen and oxygen atoms in total. The largest absolute Gasteiger partial charge is 0.329 e. The summed E-state index contributed by atoms with van der Waals surface area (Å²) < 4.78 is 1.06. The fourth-order valence-corrected chi connectivity index (χ4v) is 2.86. The Kier molecular flexibility index (Phi) is 5.66. The van der Waals surface area contributed by atoms with E-state index in [1.807, 2.05) is 18.2 Å². The SMILES string of the molecule is CN(CC(C)(C)C)C(CN)c1cc(Cl)ccc1Br. The third kappa shape index (κ3) is 4.54. The zero-order chi connectivity index (χ0) is 13.9. The number of hydrogen-bond acceptors (Lipinski definition) is 2. The van der Waals surface area contributed by atoms with Gasteiger partial charge in [0, 0.05) is 28.6 Å². The van der Waals surface area contributed by atoms with Crippen molar-refractivity contribution in [2.75, 3.05) is 20.1 Å². The second-order valence-electron chi connectivity index (χ2n) is 5.89. The molecular weight excluding hydrogens is 312 g/mol. The summed E-state index contributed by atoms with van der Waals surface area (Å²) in [5, 5.41) is 0.746. The van der Waals surface area contributed by atoms with Crippen LogP contribution in [0.25, 0.3) is 0 Å². The van der Waals surface area contributed by atoms with Gasteiger partial charge in [0.1, 0.15) is 0 Å². The Balaban J connectivity index is 2.98. The molecule has 1 rings (SSSR count). The van der Waals surface area contributed by atoms with Crippen LogP contribution in [0, 0.1) is 5.41 Å². The molecule has 1 atom stereocenters. The second kappa shape index (κ2) is 6.38. The van der Waals surface area contributed by atoms with Gasteiger partial charge >= 0.3 is 0 Å². The van der Waals surface area contributed by atoms with E-state index >= 15 is 0 Å². The molecular formula is C14H22BrClN2. The number of likely N-dealkylation sites (N-methyl/N-ethyl adjacent to an activating group) is 1. The van der Waals surface area contributed by atoms with Gasteiger partial charge in [0.05, 0.1) is 0 Å². The highest BCUT2D eigenvalue weighted by molar-refractivity contribution is 9.10. The van der Waals surface area contributed by atoms with E-state index in [-0.39, 0.29) is 11.5 Å². The quantitative estimate of drug-likeness (QED) is 0.899. The van der Waals surface area contributed by atoms with Crippen LogP contribution in [0.15, 0.2) is 22.7 Å². The Morgan fingerprint density at radius 3 is 2.50 bits per heavy atom. The molecule has 0 spiro atoms. The predicted molar refractivity (Wildman–Crippen MR) is 83.0 cm³/mol. The number of nitrogens with two attached hydrogens (primary N) is 1. The first kappa shape index (κ1) is 16.0. The molecule has 102 valence electrons. The average molecular weight is 334 g/mol. The first-order valence-electron chi connectivity index (χ1n) is 6.10. The lowest BCUT2D eigenvalue weighted by Gasteiger charge is -2.33. The van der Waals surface area contributed by atoms with Gasteiger partial charge in [-0.05, 0) is 36.2 Å². The van der Waals surface area contributed by atoms with Crippen molar-refractivity contribution in [3.63, 3.8) is 0 Å². The van der Waals surface area contributed by atoms with Crippen molar-refractivity contribution in [1.82, 2.24) is 4.90 Å². The van der Waals surface area contributed by atoms with Crippen LogP contribution in [0.5, 0.6) is 0 Å². The Hall–Kier alpha value is -0.0900. The van der Waals surface area contributed by atoms with Crippen molar-refractivity contribution in [2.24, 2.45) is 11.1 Å². The average Bonchev–Trinajstić information content (AvgIpc) is 2.21. The van der Waals surface area contributed by atoms with Gasteiger partial charge in [-0.15, -0.1) is 0 Å². The van der Waals surface area contributed by atoms with Gasteiger partial charge in [-0.25, -0.2) is 0 Å². The monoisotopic (exact) mass is 332 g/mol. The van der Waals surface area contributed by atoms with Crippen molar-refractivity contribution in [1.29, 1.82) is 0 Å². The summed E-state index contributed by atoms with van der Waals surface area (Å²) in [7, 11) is 2.11. The van der Waals surface area contributed by atoms with Crippen LogP contribution in [0.3, 0.4) is 0 Å². The summed E-state index contributed by atoms with van der Waals surface area (Å²) in [6.45, 7) is 8.23. The van der Waals surface area contributed by atoms with Crippen molar-refractivity contribution in [2.45, 2.75) is 26.8 Å². The molecule has 0 saturated carbocycles. The van der Waals surface area contributed by atoms with Crippen LogP contribution < -0.4 is 5.73 Å². The maximum atomic E-state index is 6.08. The number of halogens is 2. The smallest absolute Gasteiger partial charge is 0.0479 e. The Morgan fingerprint density at radius 2 is 2.00 bits per heavy atom. The Bertz CT molecular complexity index is 401. The van der Waals surface area contributed by atoms with E-state index in [2.05, 4.69) is 48.6 Å². The van der Waals surface area contributed by atoms with Gasteiger partial charge in [0.2, 0.25) is 0 Å². The maximum absolute atomic E-state index is 6.08. The van der Waals surface area contributed by atoms with E-state index in [0.29, 0.717) is 6.54 Å². The first-order chi connectivity index (χ1) is 8.24. The van der Waals surface area contributed by atoms with E-state index in [4.69, 9.17) is 17.3 Å². The molecule has 1 aromatic rings. The highest BCUT2D eigenvalue weighted by Crippen LogP contribution is 2.30. The number of nitrogens with zero attached hydrogens (tertiary/aromatic N) is 1. The van der Waals surface area contributed by atoms with Gasteiger partial charge in [0.15, 0.2) is 0 Å². The number of hydrogen-bond donors (Lipinski definition) is 1. The summed E-state index contributed by atoms with van der Waals surface area (Å²) in [5.74, 6) is 0. The molecule has 0 aliphatic rings. The second-order valence-corrected chi connectivity index (χ2v) is 7.18. The Morgan fingerprint density at radius 1 is 1.39 bits per heavy atom. The zero-order valence-electron chi connectivity index (χ0n) is 11.5. The summed E-state index contributed by atoms with van der Waals surface area (Å²) in [4.78, 5) is 2.29. The third-order valence-electron chi connectivity index (χ3n) is 2.80. The van der Waals surface area contributed by atoms with Crippen molar-refractivity contribution in [3.05, 3.63) is 33.3 Å². The molecule has 0 saturated heterocycles. The molecule has 4 heteroatoms. The summed E-state index contributed by atoms with van der Waals surface area (Å²) in [6.07, 6.45) is 0. The van der Waals surface area contributed by atoms with Crippen LogP contribution in [0.4, 0.5) is 0 Å². The molecule has 0 aliphatic carbocycles. The number of benzene rings is 1. The van der Waals surface area contributed by atoms with E-state index in [0.717, 1.165) is 21.6 Å². The molecule has 1 aromatic carbocycles. The fourth-order valence-electron chi connectivity index (χ4n) is 2.17. The van der Waals surface area contributed by atoms with Crippen LogP contribution >= 0.6 is 27.5 Å². The van der Waals surface area contributed by atoms with Crippen molar-refractivity contribution in [3.8, 4) is 0 Å². The molecule has 1 unspecified atom stereocenters. The molecule has 0 fully saturated rings. The van der Waals surface area contributed by atoms with Crippen LogP contribution in [0.1, 0.15) is 32.4 Å². The minimum Gasteiger partial charge on any atom is -0.329 e. The van der Waals surface area contributed by atoms with Crippen LogP contribution in [-0.4, -0.2) is 25.0 Å². The first-order valence-corrected chi connectivity index (χ1v) is 7.27. The van der Waals surface area contributed by atoms with Crippen LogP contribution in [0.2, 0.25) is 5.02 Å². The summed E-state index contributed by atoms with van der Waals surface area (Å²) in [5.41, 5.74) is 7.33. The Labute approximate surface area is 124 Å². The molecule has 0 aromatic heterocycles. The van der Waals surface area contributed by atoms with E-state index in [1.165, 1.54) is 0 Å². The molecule has 0 amide bonds. The molecule has 2 N–H and O–H groups in total. The summed E-state index contributed by atoms with van der Waals surface area (Å²) >= 11 is 9.65. The minimum atomic E-state index is 0.178. The van der Waals surface area contributed by atoms with Crippen LogP contribution in [-0.2, 0) is 0 Å². The van der Waals surface area contributed by atoms with Gasteiger partial charge in [0.25, 0.3) is 0 Å². The third-order valence-corrected chi connectivity index (χ3v) is 3.75. The zero-order valence-corrected chi connectivity index (χ0v) is 13.8. The van der Waals surface area contributed by atoms with Gasteiger partial charge < -0.3 is 5.73 Å². The topological polar surface area (TPSA) is 29.3 Å². The van der Waals surface area contributed by atoms with Gasteiger partial charge in [-0.3, -0.25) is 4.90 Å². The normalized spacial score (nSPS) is 14.0. The van der Waals surface area contributed by atoms with E-state index in [9.17, 15) is 0 Å². The lowest BCUT2D eigenvalue weighted by atomic mass is 9.94. The molecule has 0 bridgehead atoms. The van der Waals surface area contributed by atoms with Gasteiger partial charge in [-0.2, -0.15) is 0 Å². The molecule has 0 aliphatic heterocycles. The fraction of sp³-hybridized carbons (Fsp3) is 0.571.